The van der Waals surface area contributed by atoms with E-state index < -0.39 is 0 Å². The van der Waals surface area contributed by atoms with Crippen LogP contribution in [0.25, 0.3) is 5.69 Å². The van der Waals surface area contributed by atoms with Crippen molar-refractivity contribution in [2.24, 2.45) is 0 Å². The van der Waals surface area contributed by atoms with Crippen molar-refractivity contribution in [3.8, 4) is 11.4 Å². The Morgan fingerprint density at radius 2 is 1.72 bits per heavy atom. The van der Waals surface area contributed by atoms with E-state index in [1.165, 1.54) is 0 Å². The number of hydrogen-bond acceptors (Lipinski definition) is 3. The molecule has 5 nitrogen and oxygen atoms in total. The van der Waals surface area contributed by atoms with Gasteiger partial charge >= 0.3 is 0 Å². The Kier molecular flexibility index (Phi) is 4.90. The summed E-state index contributed by atoms with van der Waals surface area (Å²) >= 11 is 3.53. The van der Waals surface area contributed by atoms with Crippen LogP contribution in [0, 0.1) is 13.8 Å². The van der Waals surface area contributed by atoms with Crippen LogP contribution in [-0.4, -0.2) is 22.8 Å². The van der Waals surface area contributed by atoms with Crippen LogP contribution >= 0.6 is 15.9 Å². The first-order chi connectivity index (χ1) is 12.0. The molecule has 6 heteroatoms. The van der Waals surface area contributed by atoms with E-state index in [0.717, 1.165) is 33.0 Å². The minimum atomic E-state index is -0.161. The summed E-state index contributed by atoms with van der Waals surface area (Å²) in [5, 5.41) is 7.36. The number of hydrogen-bond donors (Lipinski definition) is 1. The van der Waals surface area contributed by atoms with Crippen molar-refractivity contribution < 1.29 is 9.53 Å². The number of carbonyl (C=O) groups is 1. The molecule has 0 bridgehead atoms. The number of methoxy groups -OCH3 is 1. The highest BCUT2D eigenvalue weighted by Crippen LogP contribution is 2.23. The molecule has 0 aliphatic carbocycles. The van der Waals surface area contributed by atoms with Crippen molar-refractivity contribution in [1.29, 1.82) is 0 Å². The number of halogens is 1. The third-order valence-corrected chi connectivity index (χ3v) is 5.07. The van der Waals surface area contributed by atoms with Gasteiger partial charge in [-0.1, -0.05) is 0 Å². The van der Waals surface area contributed by atoms with Gasteiger partial charge in [-0.25, -0.2) is 4.68 Å². The lowest BCUT2D eigenvalue weighted by molar-refractivity contribution is 0.102. The Balaban J connectivity index is 1.77. The number of nitrogens with one attached hydrogen (secondary N) is 1. The Hall–Kier alpha value is -2.60. The molecule has 25 heavy (non-hydrogen) atoms. The molecule has 0 fully saturated rings. The Morgan fingerprint density at radius 3 is 2.24 bits per heavy atom. The van der Waals surface area contributed by atoms with Gasteiger partial charge in [-0.2, -0.15) is 5.10 Å². The minimum absolute atomic E-state index is 0.161. The first-order valence-electron chi connectivity index (χ1n) is 7.77. The van der Waals surface area contributed by atoms with E-state index in [1.54, 1.807) is 43.5 Å². The standard InChI is InChI=1S/C19H18BrN3O2/c1-12-18(20)13(2)23(22-12)16-8-4-14(5-9-16)19(24)21-15-6-10-17(25-3)11-7-15/h4-11H,1-3H3,(H,21,24). The van der Waals surface area contributed by atoms with Crippen LogP contribution in [0.1, 0.15) is 21.7 Å². The Bertz CT molecular complexity index is 900. The zero-order valence-corrected chi connectivity index (χ0v) is 15.8. The number of rotatable bonds is 4. The quantitative estimate of drug-likeness (QED) is 0.701. The molecule has 2 aromatic carbocycles. The lowest BCUT2D eigenvalue weighted by atomic mass is 10.2. The van der Waals surface area contributed by atoms with Crippen molar-refractivity contribution in [2.45, 2.75) is 13.8 Å². The molecule has 1 amide bonds. The lowest BCUT2D eigenvalue weighted by Gasteiger charge is -2.08. The maximum absolute atomic E-state index is 12.4. The second-order valence-corrected chi connectivity index (χ2v) is 6.42. The molecule has 0 aliphatic heterocycles. The van der Waals surface area contributed by atoms with Gasteiger partial charge in [-0.05, 0) is 78.3 Å². The fourth-order valence-corrected chi connectivity index (χ4v) is 2.75. The van der Waals surface area contributed by atoms with E-state index in [1.807, 2.05) is 30.7 Å². The van der Waals surface area contributed by atoms with Gasteiger partial charge in [0.05, 0.1) is 28.7 Å². The number of carbonyl (C=O) groups excluding carboxylic acids is 1. The normalized spacial score (nSPS) is 10.6. The first-order valence-corrected chi connectivity index (χ1v) is 8.56. The summed E-state index contributed by atoms with van der Waals surface area (Å²) in [5.41, 5.74) is 4.16. The van der Waals surface area contributed by atoms with Crippen LogP contribution < -0.4 is 10.1 Å². The summed E-state index contributed by atoms with van der Waals surface area (Å²) in [6.45, 7) is 3.94. The summed E-state index contributed by atoms with van der Waals surface area (Å²) in [6.07, 6.45) is 0. The van der Waals surface area contributed by atoms with Crippen LogP contribution in [0.2, 0.25) is 0 Å². The number of nitrogens with zero attached hydrogens (tertiary/aromatic N) is 2. The van der Waals surface area contributed by atoms with Gasteiger partial charge < -0.3 is 10.1 Å². The van der Waals surface area contributed by atoms with Crippen molar-refractivity contribution >= 4 is 27.5 Å². The Labute approximate surface area is 154 Å². The molecule has 1 heterocycles. The smallest absolute Gasteiger partial charge is 0.255 e. The number of benzene rings is 2. The summed E-state index contributed by atoms with van der Waals surface area (Å²) in [6, 6.07) is 14.6. The monoisotopic (exact) mass is 399 g/mol. The highest BCUT2D eigenvalue weighted by Gasteiger charge is 2.11. The van der Waals surface area contributed by atoms with Crippen molar-refractivity contribution in [3.63, 3.8) is 0 Å². The largest absolute Gasteiger partial charge is 0.497 e. The molecule has 1 aromatic heterocycles. The number of amides is 1. The van der Waals surface area contributed by atoms with Gasteiger partial charge in [-0.3, -0.25) is 4.79 Å². The maximum atomic E-state index is 12.4. The summed E-state index contributed by atoms with van der Waals surface area (Å²) in [7, 11) is 1.61. The third kappa shape index (κ3) is 3.58. The number of anilines is 1. The van der Waals surface area contributed by atoms with Gasteiger partial charge in [0, 0.05) is 11.3 Å². The van der Waals surface area contributed by atoms with E-state index in [-0.39, 0.29) is 5.91 Å². The SMILES string of the molecule is COc1ccc(NC(=O)c2ccc(-n3nc(C)c(Br)c3C)cc2)cc1. The Morgan fingerprint density at radius 1 is 1.08 bits per heavy atom. The lowest BCUT2D eigenvalue weighted by Crippen LogP contribution is -2.12. The number of aromatic nitrogens is 2. The first kappa shape index (κ1) is 17.2. The maximum Gasteiger partial charge on any atom is 0.255 e. The van der Waals surface area contributed by atoms with Crippen molar-refractivity contribution in [1.82, 2.24) is 9.78 Å². The van der Waals surface area contributed by atoms with E-state index in [4.69, 9.17) is 4.74 Å². The number of ether oxygens (including phenoxy) is 1. The summed E-state index contributed by atoms with van der Waals surface area (Å²) < 4.78 is 7.96. The highest BCUT2D eigenvalue weighted by atomic mass is 79.9. The van der Waals surface area contributed by atoms with Gasteiger partial charge in [0.2, 0.25) is 0 Å². The van der Waals surface area contributed by atoms with Crippen molar-refractivity contribution in [2.75, 3.05) is 12.4 Å². The number of aryl methyl sites for hydroxylation is 1. The van der Waals surface area contributed by atoms with Gasteiger partial charge in [0.15, 0.2) is 0 Å². The molecular weight excluding hydrogens is 382 g/mol. The summed E-state index contributed by atoms with van der Waals surface area (Å²) in [4.78, 5) is 12.4. The molecule has 3 rings (SSSR count). The molecule has 0 radical (unpaired) electrons. The average Bonchev–Trinajstić information content (AvgIpc) is 2.90. The molecule has 0 unspecified atom stereocenters. The highest BCUT2D eigenvalue weighted by molar-refractivity contribution is 9.10. The molecule has 0 saturated carbocycles. The van der Waals surface area contributed by atoms with Crippen LogP contribution in [0.4, 0.5) is 5.69 Å². The predicted molar refractivity (Wildman–Crippen MR) is 102 cm³/mol. The molecule has 0 aliphatic rings. The topological polar surface area (TPSA) is 56.1 Å². The van der Waals surface area contributed by atoms with E-state index in [9.17, 15) is 4.79 Å². The second-order valence-electron chi connectivity index (χ2n) is 5.63. The predicted octanol–water partition coefficient (Wildman–Crippen LogP) is 4.51. The molecule has 0 saturated heterocycles. The fourth-order valence-electron chi connectivity index (χ4n) is 2.51. The average molecular weight is 400 g/mol. The van der Waals surface area contributed by atoms with E-state index in [2.05, 4.69) is 26.3 Å². The van der Waals surface area contributed by atoms with Crippen LogP contribution in [-0.2, 0) is 0 Å². The van der Waals surface area contributed by atoms with E-state index >= 15 is 0 Å². The van der Waals surface area contributed by atoms with Crippen LogP contribution in [0.3, 0.4) is 0 Å². The molecule has 0 atom stereocenters. The van der Waals surface area contributed by atoms with Gasteiger partial charge in [-0.15, -0.1) is 0 Å². The zero-order valence-electron chi connectivity index (χ0n) is 14.2. The minimum Gasteiger partial charge on any atom is -0.497 e. The summed E-state index contributed by atoms with van der Waals surface area (Å²) in [5.74, 6) is 0.588. The van der Waals surface area contributed by atoms with Gasteiger partial charge in [0.25, 0.3) is 5.91 Å². The zero-order chi connectivity index (χ0) is 18.0. The van der Waals surface area contributed by atoms with Crippen LogP contribution in [0.5, 0.6) is 5.75 Å². The fraction of sp³-hybridized carbons (Fsp3) is 0.158. The van der Waals surface area contributed by atoms with Crippen molar-refractivity contribution in [3.05, 3.63) is 70.0 Å². The van der Waals surface area contributed by atoms with E-state index in [0.29, 0.717) is 5.56 Å². The molecule has 1 N–H and O–H groups in total. The molecule has 128 valence electrons. The van der Waals surface area contributed by atoms with Crippen LogP contribution in [0.15, 0.2) is 53.0 Å². The molecule has 0 spiro atoms. The van der Waals surface area contributed by atoms with Gasteiger partial charge in [0.1, 0.15) is 5.75 Å². The molecular formula is C19H18BrN3O2. The molecule has 3 aromatic rings. The third-order valence-electron chi connectivity index (χ3n) is 3.92. The second kappa shape index (κ2) is 7.11.